The van der Waals surface area contributed by atoms with Crippen LogP contribution in [0.25, 0.3) is 0 Å². The standard InChI is InChI=1S/C16H17ClFNO/c1-19-16(14-10-12(18)5-8-15(14)17)9-11-3-6-13(20-2)7-4-11/h3-8,10,16,19H,9H2,1-2H3. The quantitative estimate of drug-likeness (QED) is 0.900. The Morgan fingerprint density at radius 3 is 2.50 bits per heavy atom. The van der Waals surface area contributed by atoms with Crippen molar-refractivity contribution in [2.24, 2.45) is 0 Å². The molecule has 2 aromatic carbocycles. The van der Waals surface area contributed by atoms with E-state index in [-0.39, 0.29) is 11.9 Å². The summed E-state index contributed by atoms with van der Waals surface area (Å²) in [6, 6.07) is 12.2. The van der Waals surface area contributed by atoms with E-state index >= 15 is 0 Å². The van der Waals surface area contributed by atoms with Gasteiger partial charge in [0.05, 0.1) is 7.11 Å². The molecule has 0 spiro atoms. The van der Waals surface area contributed by atoms with Crippen LogP contribution < -0.4 is 10.1 Å². The van der Waals surface area contributed by atoms with E-state index in [0.29, 0.717) is 5.02 Å². The molecule has 4 heteroatoms. The summed E-state index contributed by atoms with van der Waals surface area (Å²) in [4.78, 5) is 0. The first-order chi connectivity index (χ1) is 9.63. The largest absolute Gasteiger partial charge is 0.497 e. The predicted molar refractivity (Wildman–Crippen MR) is 79.9 cm³/mol. The van der Waals surface area contributed by atoms with Crippen molar-refractivity contribution in [3.63, 3.8) is 0 Å². The molecule has 0 aromatic heterocycles. The maximum atomic E-state index is 13.4. The Hall–Kier alpha value is -1.58. The number of ether oxygens (including phenoxy) is 1. The van der Waals surface area contributed by atoms with Gasteiger partial charge in [0, 0.05) is 11.1 Å². The molecular weight excluding hydrogens is 277 g/mol. The highest BCUT2D eigenvalue weighted by molar-refractivity contribution is 6.31. The summed E-state index contributed by atoms with van der Waals surface area (Å²) >= 11 is 6.16. The van der Waals surface area contributed by atoms with Crippen LogP contribution in [0.4, 0.5) is 4.39 Å². The molecule has 0 bridgehead atoms. The zero-order chi connectivity index (χ0) is 14.5. The fraction of sp³-hybridized carbons (Fsp3) is 0.250. The topological polar surface area (TPSA) is 21.3 Å². The molecule has 1 atom stereocenters. The fourth-order valence-corrected chi connectivity index (χ4v) is 2.40. The van der Waals surface area contributed by atoms with Gasteiger partial charge in [-0.2, -0.15) is 0 Å². The van der Waals surface area contributed by atoms with Crippen LogP contribution in [-0.4, -0.2) is 14.2 Å². The Labute approximate surface area is 123 Å². The van der Waals surface area contributed by atoms with Crippen LogP contribution in [0, 0.1) is 5.82 Å². The van der Waals surface area contributed by atoms with Crippen LogP contribution in [0.1, 0.15) is 17.2 Å². The maximum Gasteiger partial charge on any atom is 0.123 e. The lowest BCUT2D eigenvalue weighted by Crippen LogP contribution is -2.19. The van der Waals surface area contributed by atoms with Gasteiger partial charge in [-0.25, -0.2) is 4.39 Å². The molecule has 1 N–H and O–H groups in total. The molecule has 0 aliphatic carbocycles. The van der Waals surface area contributed by atoms with Crippen molar-refractivity contribution in [3.8, 4) is 5.75 Å². The highest BCUT2D eigenvalue weighted by atomic mass is 35.5. The predicted octanol–water partition coefficient (Wildman–Crippen LogP) is 3.99. The summed E-state index contributed by atoms with van der Waals surface area (Å²) in [5.74, 6) is 0.540. The van der Waals surface area contributed by atoms with Crippen molar-refractivity contribution in [3.05, 3.63) is 64.4 Å². The van der Waals surface area contributed by atoms with Crippen LogP contribution in [0.3, 0.4) is 0 Å². The Morgan fingerprint density at radius 1 is 1.20 bits per heavy atom. The lowest BCUT2D eigenvalue weighted by atomic mass is 9.99. The van der Waals surface area contributed by atoms with Gasteiger partial charge in [-0.05, 0) is 54.9 Å². The van der Waals surface area contributed by atoms with Crippen molar-refractivity contribution >= 4 is 11.6 Å². The minimum absolute atomic E-state index is 0.0356. The number of methoxy groups -OCH3 is 1. The average molecular weight is 294 g/mol. The second-order valence-electron chi connectivity index (χ2n) is 4.56. The smallest absolute Gasteiger partial charge is 0.123 e. The SMILES string of the molecule is CNC(Cc1ccc(OC)cc1)c1cc(F)ccc1Cl. The summed E-state index contributed by atoms with van der Waals surface area (Å²) in [5.41, 5.74) is 1.90. The summed E-state index contributed by atoms with van der Waals surface area (Å²) in [5, 5.41) is 3.75. The molecule has 2 aromatic rings. The molecule has 0 aliphatic heterocycles. The van der Waals surface area contributed by atoms with Crippen molar-refractivity contribution in [2.45, 2.75) is 12.5 Å². The van der Waals surface area contributed by atoms with Crippen molar-refractivity contribution in [1.82, 2.24) is 5.32 Å². The summed E-state index contributed by atoms with van der Waals surface area (Å²) in [6.07, 6.45) is 0.726. The van der Waals surface area contributed by atoms with E-state index in [1.165, 1.54) is 12.1 Å². The van der Waals surface area contributed by atoms with Crippen LogP contribution in [0.2, 0.25) is 5.02 Å². The third-order valence-electron chi connectivity index (χ3n) is 3.28. The van der Waals surface area contributed by atoms with Gasteiger partial charge < -0.3 is 10.1 Å². The van der Waals surface area contributed by atoms with E-state index < -0.39 is 0 Å². The molecule has 106 valence electrons. The van der Waals surface area contributed by atoms with E-state index in [9.17, 15) is 4.39 Å². The zero-order valence-corrected chi connectivity index (χ0v) is 12.2. The summed E-state index contributed by atoms with van der Waals surface area (Å²) in [7, 11) is 3.48. The first-order valence-electron chi connectivity index (χ1n) is 6.39. The molecule has 20 heavy (non-hydrogen) atoms. The van der Waals surface area contributed by atoms with Gasteiger partial charge in [0.25, 0.3) is 0 Å². The monoisotopic (exact) mass is 293 g/mol. The second-order valence-corrected chi connectivity index (χ2v) is 4.97. The Kier molecular flexibility index (Phi) is 4.99. The van der Waals surface area contributed by atoms with Crippen molar-refractivity contribution in [1.29, 1.82) is 0 Å². The minimum Gasteiger partial charge on any atom is -0.497 e. The highest BCUT2D eigenvalue weighted by Gasteiger charge is 2.14. The van der Waals surface area contributed by atoms with Crippen LogP contribution in [0.5, 0.6) is 5.75 Å². The molecule has 0 saturated heterocycles. The third-order valence-corrected chi connectivity index (χ3v) is 3.63. The Morgan fingerprint density at radius 2 is 1.90 bits per heavy atom. The Bertz CT molecular complexity index is 571. The van der Waals surface area contributed by atoms with Gasteiger partial charge in [-0.15, -0.1) is 0 Å². The second kappa shape index (κ2) is 6.73. The van der Waals surface area contributed by atoms with Crippen LogP contribution in [0.15, 0.2) is 42.5 Å². The van der Waals surface area contributed by atoms with Gasteiger partial charge >= 0.3 is 0 Å². The van der Waals surface area contributed by atoms with E-state index in [1.54, 1.807) is 13.2 Å². The van der Waals surface area contributed by atoms with Gasteiger partial charge in [0.15, 0.2) is 0 Å². The number of hydrogen-bond acceptors (Lipinski definition) is 2. The molecule has 2 nitrogen and oxygen atoms in total. The van der Waals surface area contributed by atoms with E-state index in [2.05, 4.69) is 5.32 Å². The molecule has 2 rings (SSSR count). The number of rotatable bonds is 5. The lowest BCUT2D eigenvalue weighted by Gasteiger charge is -2.18. The van der Waals surface area contributed by atoms with Gasteiger partial charge in [-0.1, -0.05) is 23.7 Å². The normalized spacial score (nSPS) is 12.2. The molecular formula is C16H17ClFNO. The van der Waals surface area contributed by atoms with Crippen molar-refractivity contribution in [2.75, 3.05) is 14.2 Å². The highest BCUT2D eigenvalue weighted by Crippen LogP contribution is 2.27. The zero-order valence-electron chi connectivity index (χ0n) is 11.5. The first kappa shape index (κ1) is 14.8. The van der Waals surface area contributed by atoms with E-state index in [1.807, 2.05) is 31.3 Å². The molecule has 1 unspecified atom stereocenters. The molecule has 0 aliphatic rings. The number of halogens is 2. The molecule has 0 radical (unpaired) electrons. The fourth-order valence-electron chi connectivity index (χ4n) is 2.15. The van der Waals surface area contributed by atoms with Crippen LogP contribution >= 0.6 is 11.6 Å². The van der Waals surface area contributed by atoms with E-state index in [0.717, 1.165) is 23.3 Å². The Balaban J connectivity index is 2.21. The number of benzene rings is 2. The van der Waals surface area contributed by atoms with Crippen molar-refractivity contribution < 1.29 is 9.13 Å². The number of hydrogen-bond donors (Lipinski definition) is 1. The number of nitrogens with one attached hydrogen (secondary N) is 1. The maximum absolute atomic E-state index is 13.4. The van der Waals surface area contributed by atoms with Crippen LogP contribution in [-0.2, 0) is 6.42 Å². The lowest BCUT2D eigenvalue weighted by molar-refractivity contribution is 0.414. The molecule has 0 heterocycles. The minimum atomic E-state index is -0.278. The number of likely N-dealkylation sites (N-methyl/N-ethyl adjacent to an activating group) is 1. The van der Waals surface area contributed by atoms with Gasteiger partial charge in [0.1, 0.15) is 11.6 Å². The molecule has 0 amide bonds. The summed E-state index contributed by atoms with van der Waals surface area (Å²) < 4.78 is 18.5. The summed E-state index contributed by atoms with van der Waals surface area (Å²) in [6.45, 7) is 0. The van der Waals surface area contributed by atoms with Gasteiger partial charge in [0.2, 0.25) is 0 Å². The molecule has 0 fully saturated rings. The van der Waals surface area contributed by atoms with E-state index in [4.69, 9.17) is 16.3 Å². The van der Waals surface area contributed by atoms with Gasteiger partial charge in [-0.3, -0.25) is 0 Å². The molecule has 0 saturated carbocycles. The third kappa shape index (κ3) is 3.50. The average Bonchev–Trinajstić information content (AvgIpc) is 2.48. The first-order valence-corrected chi connectivity index (χ1v) is 6.77.